The average molecular weight is 178 g/mol. The second kappa shape index (κ2) is 8.53. The van der Waals surface area contributed by atoms with Gasteiger partial charge in [0, 0.05) is 0 Å². The van der Waals surface area contributed by atoms with E-state index in [0.717, 1.165) is 12.8 Å². The molecule has 0 aromatic rings. The Bertz CT molecular complexity index is 88.3. The molecular weight excluding hydrogens is 168 g/mol. The first-order valence-electron chi connectivity index (χ1n) is 2.64. The fraction of sp³-hybridized carbons (Fsp3) is 0.333. The van der Waals surface area contributed by atoms with E-state index in [-0.39, 0.29) is 0 Å². The lowest BCUT2D eigenvalue weighted by atomic mass is 10.3. The lowest BCUT2D eigenvalue weighted by molar-refractivity contribution is 1.06. The van der Waals surface area contributed by atoms with Crippen LogP contribution in [-0.4, -0.2) is 0 Å². The molecule has 0 aromatic heterocycles. The summed E-state index contributed by atoms with van der Waals surface area (Å²) in [5, 5.41) is 2.04. The molecular formula is C6H10S3. The van der Waals surface area contributed by atoms with Crippen molar-refractivity contribution in [2.75, 3.05) is 0 Å². The number of hydrogen-bond acceptors (Lipinski definition) is 3. The van der Waals surface area contributed by atoms with E-state index in [2.05, 4.69) is 24.3 Å². The summed E-state index contributed by atoms with van der Waals surface area (Å²) in [4.78, 5) is 0. The van der Waals surface area contributed by atoms with Gasteiger partial charge in [-0.05, 0) is 28.1 Å². The molecule has 0 heterocycles. The standard InChI is InChI=1S/C6H10S3/c1-2-3-4-5-6-8-9-7/h2,5-7H,1,3-4H2/b6-5+. The first-order valence-corrected chi connectivity index (χ1v) is 5.91. The first kappa shape index (κ1) is 9.53. The van der Waals surface area contributed by atoms with E-state index >= 15 is 0 Å². The average Bonchev–Trinajstić information content (AvgIpc) is 1.89. The first-order chi connectivity index (χ1) is 4.41. The number of hydrogen-bond donors (Lipinski definition) is 1. The molecule has 0 aliphatic carbocycles. The number of thiol groups is 1. The van der Waals surface area contributed by atoms with Crippen LogP contribution in [0.5, 0.6) is 0 Å². The second-order valence-electron chi connectivity index (χ2n) is 1.41. The summed E-state index contributed by atoms with van der Waals surface area (Å²) >= 11 is 3.95. The third-order valence-electron chi connectivity index (χ3n) is 0.732. The molecule has 0 saturated carbocycles. The van der Waals surface area contributed by atoms with E-state index in [0.29, 0.717) is 0 Å². The van der Waals surface area contributed by atoms with E-state index in [4.69, 9.17) is 0 Å². The predicted molar refractivity (Wildman–Crippen MR) is 52.7 cm³/mol. The van der Waals surface area contributed by atoms with Crippen LogP contribution in [0.3, 0.4) is 0 Å². The van der Waals surface area contributed by atoms with Crippen molar-refractivity contribution in [3.8, 4) is 0 Å². The van der Waals surface area contributed by atoms with E-state index in [1.54, 1.807) is 10.8 Å². The maximum atomic E-state index is 3.95. The summed E-state index contributed by atoms with van der Waals surface area (Å²) in [5.74, 6) is 0. The van der Waals surface area contributed by atoms with Crippen LogP contribution in [0.25, 0.3) is 0 Å². The summed E-state index contributed by atoms with van der Waals surface area (Å²) in [6.45, 7) is 3.62. The molecule has 0 spiro atoms. The number of rotatable bonds is 5. The lowest BCUT2D eigenvalue weighted by Gasteiger charge is -1.83. The SMILES string of the molecule is C=CCC/C=C/SSS. The summed E-state index contributed by atoms with van der Waals surface area (Å²) in [6.07, 6.45) is 6.19. The Balaban J connectivity index is 2.94. The van der Waals surface area contributed by atoms with Crippen molar-refractivity contribution in [3.63, 3.8) is 0 Å². The summed E-state index contributed by atoms with van der Waals surface area (Å²) < 4.78 is 0. The zero-order chi connectivity index (χ0) is 6.95. The quantitative estimate of drug-likeness (QED) is 0.295. The molecule has 0 aliphatic rings. The van der Waals surface area contributed by atoms with Crippen molar-refractivity contribution >= 4 is 32.3 Å². The molecule has 0 atom stereocenters. The molecule has 0 rings (SSSR count). The van der Waals surface area contributed by atoms with Gasteiger partial charge in [0.1, 0.15) is 0 Å². The van der Waals surface area contributed by atoms with Gasteiger partial charge >= 0.3 is 0 Å². The summed E-state index contributed by atoms with van der Waals surface area (Å²) in [6, 6.07) is 0. The van der Waals surface area contributed by atoms with E-state index in [9.17, 15) is 0 Å². The van der Waals surface area contributed by atoms with Crippen molar-refractivity contribution in [2.24, 2.45) is 0 Å². The Kier molecular flexibility index (Phi) is 9.03. The smallest absolute Gasteiger partial charge is 0.0213 e. The van der Waals surface area contributed by atoms with Crippen molar-refractivity contribution in [2.45, 2.75) is 12.8 Å². The molecule has 0 aliphatic heterocycles. The van der Waals surface area contributed by atoms with Crippen LogP contribution >= 0.6 is 32.3 Å². The molecule has 0 bridgehead atoms. The van der Waals surface area contributed by atoms with Gasteiger partial charge in [0.2, 0.25) is 0 Å². The Morgan fingerprint density at radius 1 is 1.44 bits per heavy atom. The van der Waals surface area contributed by atoms with Crippen LogP contribution < -0.4 is 0 Å². The molecule has 0 fully saturated rings. The minimum Gasteiger partial charge on any atom is -0.103 e. The zero-order valence-corrected chi connectivity index (χ0v) is 7.64. The minimum atomic E-state index is 1.06. The Labute approximate surface area is 69.4 Å². The molecule has 0 nitrogen and oxygen atoms in total. The van der Waals surface area contributed by atoms with Gasteiger partial charge in [-0.25, -0.2) is 0 Å². The van der Waals surface area contributed by atoms with Gasteiger partial charge < -0.3 is 0 Å². The highest BCUT2D eigenvalue weighted by molar-refractivity contribution is 9.06. The molecule has 0 N–H and O–H groups in total. The van der Waals surface area contributed by atoms with Gasteiger partial charge in [0.05, 0.1) is 0 Å². The second-order valence-corrected chi connectivity index (χ2v) is 4.39. The Morgan fingerprint density at radius 2 is 2.22 bits per heavy atom. The largest absolute Gasteiger partial charge is 0.103 e. The highest BCUT2D eigenvalue weighted by Gasteiger charge is 1.74. The van der Waals surface area contributed by atoms with Crippen LogP contribution in [0.4, 0.5) is 0 Å². The Morgan fingerprint density at radius 3 is 2.78 bits per heavy atom. The van der Waals surface area contributed by atoms with Gasteiger partial charge in [-0.1, -0.05) is 34.6 Å². The molecule has 3 heteroatoms. The number of allylic oxidation sites excluding steroid dienone is 2. The third kappa shape index (κ3) is 8.53. The van der Waals surface area contributed by atoms with Crippen molar-refractivity contribution in [1.82, 2.24) is 0 Å². The fourth-order valence-corrected chi connectivity index (χ4v) is 1.44. The lowest BCUT2D eigenvalue weighted by Crippen LogP contribution is -1.58. The van der Waals surface area contributed by atoms with Gasteiger partial charge in [0.25, 0.3) is 0 Å². The predicted octanol–water partition coefficient (Wildman–Crippen LogP) is 3.69. The van der Waals surface area contributed by atoms with Crippen LogP contribution in [0.2, 0.25) is 0 Å². The molecule has 9 heavy (non-hydrogen) atoms. The highest BCUT2D eigenvalue weighted by atomic mass is 33.5. The summed E-state index contributed by atoms with van der Waals surface area (Å²) in [5.41, 5.74) is 0. The summed E-state index contributed by atoms with van der Waals surface area (Å²) in [7, 11) is 3.08. The van der Waals surface area contributed by atoms with Crippen molar-refractivity contribution in [3.05, 3.63) is 24.1 Å². The molecule has 0 aromatic carbocycles. The topological polar surface area (TPSA) is 0 Å². The van der Waals surface area contributed by atoms with Gasteiger partial charge in [0.15, 0.2) is 0 Å². The highest BCUT2D eigenvalue weighted by Crippen LogP contribution is 2.25. The monoisotopic (exact) mass is 178 g/mol. The molecule has 0 radical (unpaired) electrons. The molecule has 52 valence electrons. The fourth-order valence-electron chi connectivity index (χ4n) is 0.346. The van der Waals surface area contributed by atoms with Gasteiger partial charge in [-0.15, -0.1) is 6.58 Å². The number of unbranched alkanes of at least 4 members (excludes halogenated alkanes) is 1. The normalized spacial score (nSPS) is 10.3. The maximum Gasteiger partial charge on any atom is -0.0213 e. The van der Waals surface area contributed by atoms with E-state index in [1.807, 2.05) is 11.5 Å². The van der Waals surface area contributed by atoms with Crippen LogP contribution in [0.1, 0.15) is 12.8 Å². The van der Waals surface area contributed by atoms with Crippen molar-refractivity contribution < 1.29 is 0 Å². The Hall–Kier alpha value is 0.530. The van der Waals surface area contributed by atoms with E-state index < -0.39 is 0 Å². The van der Waals surface area contributed by atoms with Crippen LogP contribution in [-0.2, 0) is 0 Å². The molecule has 0 unspecified atom stereocenters. The zero-order valence-electron chi connectivity index (χ0n) is 5.12. The third-order valence-corrected chi connectivity index (χ3v) is 2.49. The molecule has 0 saturated heterocycles. The van der Waals surface area contributed by atoms with E-state index in [1.165, 1.54) is 9.83 Å². The van der Waals surface area contributed by atoms with Gasteiger partial charge in [-0.3, -0.25) is 0 Å². The van der Waals surface area contributed by atoms with Gasteiger partial charge in [-0.2, -0.15) is 0 Å². The van der Waals surface area contributed by atoms with Crippen LogP contribution in [0, 0.1) is 0 Å². The van der Waals surface area contributed by atoms with Crippen LogP contribution in [0.15, 0.2) is 24.1 Å². The van der Waals surface area contributed by atoms with Crippen molar-refractivity contribution in [1.29, 1.82) is 0 Å². The molecule has 0 amide bonds. The maximum absolute atomic E-state index is 3.95. The minimum absolute atomic E-state index is 1.06.